The highest BCUT2D eigenvalue weighted by Gasteiger charge is 2.39. The maximum absolute atomic E-state index is 14.8. The van der Waals surface area contributed by atoms with Crippen molar-refractivity contribution in [1.29, 1.82) is 0 Å². The van der Waals surface area contributed by atoms with Crippen molar-refractivity contribution in [2.24, 2.45) is 17.6 Å². The number of carbonyl (C=O) groups is 4. The molecule has 6 N–H and O–H groups in total. The first-order valence-corrected chi connectivity index (χ1v) is 28.2. The Kier molecular flexibility index (Phi) is 30.1. The number of rotatable bonds is 38. The molecule has 1 aromatic carbocycles. The molecular formula is C54H91N7O12S. The van der Waals surface area contributed by atoms with Gasteiger partial charge in [-0.3, -0.25) is 24.1 Å². The monoisotopic (exact) mass is 1060 g/mol. The minimum Gasteiger partial charge on any atom is -0.508 e. The second-order valence-corrected chi connectivity index (χ2v) is 20.6. The predicted molar refractivity (Wildman–Crippen MR) is 285 cm³/mol. The van der Waals surface area contributed by atoms with Gasteiger partial charge >= 0.3 is 0 Å². The number of ether oxygens (including phenoxy) is 7. The maximum Gasteiger partial charge on any atom is 0.270 e. The van der Waals surface area contributed by atoms with Crippen LogP contribution >= 0.6 is 11.3 Å². The lowest BCUT2D eigenvalue weighted by Gasteiger charge is -2.40. The van der Waals surface area contributed by atoms with E-state index in [1.807, 2.05) is 25.8 Å². The molecule has 1 aliphatic carbocycles. The standard InChI is InChI=1S/C54H91N7O12S/c1-8-18-61(54(66)49(39(6)10-3)59-52(65)46-13-11-12-19-60(46)7)47(38(4)5)36-48(73-20-9-2)53-58-45(37-74-53)51(64)57-41-33-40-14-15-42(62)35-43(40)44(34-41)50(63)56-17-22-68-24-26-70-28-30-72-32-31-71-29-27-69-25-23-67-21-16-55/h14-15,35,37-39,41,44,46-49,62H,8-13,16-34,36,55H2,1-7H3,(H,56,63)(H,57,64)(H,59,65)/t39-,41?,44+,46+,47+,48+,49-/m0/s1. The van der Waals surface area contributed by atoms with E-state index >= 15 is 0 Å². The molecule has 20 heteroatoms. The first-order chi connectivity index (χ1) is 35.8. The van der Waals surface area contributed by atoms with Crippen LogP contribution in [0.1, 0.15) is 132 Å². The van der Waals surface area contributed by atoms with Crippen molar-refractivity contribution in [3.05, 3.63) is 45.4 Å². The maximum atomic E-state index is 14.8. The second-order valence-electron chi connectivity index (χ2n) is 19.7. The van der Waals surface area contributed by atoms with Crippen LogP contribution in [0.2, 0.25) is 0 Å². The van der Waals surface area contributed by atoms with Crippen LogP contribution in [0.3, 0.4) is 0 Å². The number of aromatic hydroxyl groups is 1. The Balaban J connectivity index is 1.29. The minimum atomic E-state index is -0.667. The number of likely N-dealkylation sites (tertiary alicyclic amines) is 1. The van der Waals surface area contributed by atoms with Crippen molar-refractivity contribution in [2.75, 3.05) is 119 Å². The molecule has 420 valence electrons. The van der Waals surface area contributed by atoms with Crippen molar-refractivity contribution in [3.63, 3.8) is 0 Å². The fourth-order valence-electron chi connectivity index (χ4n) is 9.34. The second kappa shape index (κ2) is 35.5. The van der Waals surface area contributed by atoms with E-state index in [4.69, 9.17) is 43.9 Å². The molecule has 4 amide bonds. The number of nitrogens with zero attached hydrogens (tertiary/aromatic N) is 3. The van der Waals surface area contributed by atoms with Crippen LogP contribution in [0.5, 0.6) is 5.75 Å². The number of amides is 4. The smallest absolute Gasteiger partial charge is 0.270 e. The van der Waals surface area contributed by atoms with Crippen molar-refractivity contribution in [3.8, 4) is 5.75 Å². The summed E-state index contributed by atoms with van der Waals surface area (Å²) in [5.41, 5.74) is 7.21. The van der Waals surface area contributed by atoms with Gasteiger partial charge in [0.15, 0.2) is 0 Å². The largest absolute Gasteiger partial charge is 0.508 e. The Hall–Kier alpha value is -3.83. The molecule has 1 saturated heterocycles. The third-order valence-electron chi connectivity index (χ3n) is 13.6. The molecule has 0 bridgehead atoms. The van der Waals surface area contributed by atoms with Crippen molar-refractivity contribution >= 4 is 35.0 Å². The van der Waals surface area contributed by atoms with Gasteiger partial charge in [0, 0.05) is 50.1 Å². The van der Waals surface area contributed by atoms with Crippen molar-refractivity contribution in [2.45, 2.75) is 136 Å². The Morgan fingerprint density at radius 3 is 2.07 bits per heavy atom. The van der Waals surface area contributed by atoms with Crippen LogP contribution < -0.4 is 21.7 Å². The first kappa shape index (κ1) is 62.7. The van der Waals surface area contributed by atoms with E-state index in [2.05, 4.69) is 48.5 Å². The molecular weight excluding hydrogens is 971 g/mol. The molecule has 0 saturated carbocycles. The van der Waals surface area contributed by atoms with Crippen molar-refractivity contribution < 1.29 is 57.4 Å². The summed E-state index contributed by atoms with van der Waals surface area (Å²) in [6, 6.07) is 3.48. The topological polar surface area (TPSA) is 235 Å². The Labute approximate surface area is 445 Å². The highest BCUT2D eigenvalue weighted by molar-refractivity contribution is 7.09. The molecule has 2 aromatic rings. The minimum absolute atomic E-state index is 0.0527. The average Bonchev–Trinajstić information content (AvgIpc) is 3.89. The van der Waals surface area contributed by atoms with E-state index in [0.717, 1.165) is 56.2 Å². The van der Waals surface area contributed by atoms with E-state index in [-0.39, 0.29) is 78.2 Å². The van der Waals surface area contributed by atoms with Gasteiger partial charge in [0.1, 0.15) is 28.6 Å². The molecule has 7 atom stereocenters. The lowest BCUT2D eigenvalue weighted by Crippen LogP contribution is -2.58. The fourth-order valence-corrected chi connectivity index (χ4v) is 10.2. The molecule has 2 heterocycles. The van der Waals surface area contributed by atoms with Crippen LogP contribution in [0.4, 0.5) is 0 Å². The normalized spacial score (nSPS) is 18.6. The third-order valence-corrected chi connectivity index (χ3v) is 14.5. The zero-order chi connectivity index (χ0) is 53.7. The number of hydrogen-bond donors (Lipinski definition) is 5. The summed E-state index contributed by atoms with van der Waals surface area (Å²) in [5.74, 6) is -1.33. The van der Waals surface area contributed by atoms with Crippen molar-refractivity contribution in [1.82, 2.24) is 30.7 Å². The average molecular weight is 1060 g/mol. The van der Waals surface area contributed by atoms with E-state index in [1.165, 1.54) is 11.3 Å². The number of likely N-dealkylation sites (N-methyl/N-ethyl adjacent to an activating group) is 1. The first-order valence-electron chi connectivity index (χ1n) is 27.3. The zero-order valence-electron chi connectivity index (χ0n) is 45.6. The molecule has 2 aliphatic rings. The summed E-state index contributed by atoms with van der Waals surface area (Å²) in [4.78, 5) is 65.1. The van der Waals surface area contributed by atoms with E-state index < -0.39 is 18.1 Å². The van der Waals surface area contributed by atoms with Crippen LogP contribution in [-0.2, 0) is 54.0 Å². The SMILES string of the molecule is CCCO[C@H](C[C@H](C(C)C)N(CCC)C(=O)[C@@H](NC(=O)[C@H]1CCCCN1C)[C@@H](C)CC)c1nc(C(=O)NC2Cc3ccc(O)cc3[C@H](C(=O)NCCOCCOCCOCCOCCOCCOCCN)C2)cs1. The number of phenols is 1. The van der Waals surface area contributed by atoms with E-state index in [1.54, 1.807) is 23.6 Å². The molecule has 1 aromatic heterocycles. The van der Waals surface area contributed by atoms with Crippen LogP contribution in [0.25, 0.3) is 0 Å². The molecule has 19 nitrogen and oxygen atoms in total. The Morgan fingerprint density at radius 1 is 0.851 bits per heavy atom. The van der Waals surface area contributed by atoms with Gasteiger partial charge in [-0.2, -0.15) is 0 Å². The summed E-state index contributed by atoms with van der Waals surface area (Å²) < 4.78 is 39.5. The Morgan fingerprint density at radius 2 is 1.49 bits per heavy atom. The lowest BCUT2D eigenvalue weighted by atomic mass is 9.79. The highest BCUT2D eigenvalue weighted by atomic mass is 32.1. The lowest BCUT2D eigenvalue weighted by molar-refractivity contribution is -0.143. The number of aromatic nitrogens is 1. The summed E-state index contributed by atoms with van der Waals surface area (Å²) in [7, 11) is 1.98. The number of nitrogens with two attached hydrogens (primary N) is 1. The van der Waals surface area contributed by atoms with E-state index in [0.29, 0.717) is 117 Å². The van der Waals surface area contributed by atoms with Gasteiger partial charge < -0.3 is 64.8 Å². The number of hydrogen-bond acceptors (Lipinski definition) is 16. The van der Waals surface area contributed by atoms with Gasteiger partial charge in [-0.25, -0.2) is 4.98 Å². The van der Waals surface area contributed by atoms with Crippen LogP contribution in [0.15, 0.2) is 23.6 Å². The molecule has 1 aliphatic heterocycles. The van der Waals surface area contributed by atoms with Crippen LogP contribution in [-0.4, -0.2) is 187 Å². The highest BCUT2D eigenvalue weighted by Crippen LogP contribution is 2.35. The molecule has 0 spiro atoms. The number of thiazole rings is 1. The predicted octanol–water partition coefficient (Wildman–Crippen LogP) is 4.99. The fraction of sp³-hybridized carbons (Fsp3) is 0.759. The zero-order valence-corrected chi connectivity index (χ0v) is 46.4. The molecule has 4 rings (SSSR count). The number of piperidine rings is 1. The van der Waals surface area contributed by atoms with Gasteiger partial charge in [-0.15, -0.1) is 11.3 Å². The van der Waals surface area contributed by atoms with Gasteiger partial charge in [0.05, 0.1) is 91.2 Å². The molecule has 1 unspecified atom stereocenters. The quantitative estimate of drug-likeness (QED) is 0.0558. The number of phenolic OH excluding ortho intramolecular Hbond substituents is 1. The van der Waals surface area contributed by atoms with Gasteiger partial charge in [-0.05, 0) is 87.2 Å². The number of nitrogens with one attached hydrogen (secondary N) is 3. The van der Waals surface area contributed by atoms with Gasteiger partial charge in [0.25, 0.3) is 5.91 Å². The van der Waals surface area contributed by atoms with Crippen LogP contribution in [0, 0.1) is 11.8 Å². The molecule has 74 heavy (non-hydrogen) atoms. The van der Waals surface area contributed by atoms with E-state index in [9.17, 15) is 24.3 Å². The molecule has 1 fully saturated rings. The summed E-state index contributed by atoms with van der Waals surface area (Å²) in [5, 5.41) is 22.1. The number of benzene rings is 1. The number of fused-ring (bicyclic) bond motifs is 1. The summed E-state index contributed by atoms with van der Waals surface area (Å²) in [6.07, 6.45) is 5.84. The van der Waals surface area contributed by atoms with Gasteiger partial charge in [0.2, 0.25) is 17.7 Å². The summed E-state index contributed by atoms with van der Waals surface area (Å²) in [6.45, 7) is 20.3. The third kappa shape index (κ3) is 21.3. The Bertz CT molecular complexity index is 1930. The summed E-state index contributed by atoms with van der Waals surface area (Å²) >= 11 is 1.35. The number of carbonyl (C=O) groups excluding carboxylic acids is 4. The van der Waals surface area contributed by atoms with Gasteiger partial charge in [-0.1, -0.05) is 60.5 Å². The molecule has 0 radical (unpaired) electrons.